The van der Waals surface area contributed by atoms with Gasteiger partial charge in [0, 0.05) is 9.48 Å². The van der Waals surface area contributed by atoms with Crippen molar-refractivity contribution in [3.63, 3.8) is 0 Å². The molecule has 0 aromatic heterocycles. The summed E-state index contributed by atoms with van der Waals surface area (Å²) in [6.45, 7) is 1.17. The molecule has 0 heterocycles. The summed E-state index contributed by atoms with van der Waals surface area (Å²) in [5, 5.41) is 9.29. The van der Waals surface area contributed by atoms with E-state index in [2.05, 4.69) is 20.7 Å². The third kappa shape index (κ3) is 3.59. The average molecular weight is 357 g/mol. The average Bonchev–Trinajstić information content (AvgIpc) is 2.30. The van der Waals surface area contributed by atoms with Crippen LogP contribution in [0.3, 0.4) is 0 Å². The molecule has 0 fully saturated rings. The van der Waals surface area contributed by atoms with Gasteiger partial charge >= 0.3 is 12.3 Å². The number of nitrogens with zero attached hydrogens (tertiary/aromatic N) is 2. The van der Waals surface area contributed by atoms with E-state index in [4.69, 9.17) is 0 Å². The lowest BCUT2D eigenvalue weighted by molar-refractivity contribution is -0.484. The molecular formula is C10H8BrF3N2O4. The van der Waals surface area contributed by atoms with Crippen molar-refractivity contribution in [1.29, 1.82) is 0 Å². The van der Waals surface area contributed by atoms with E-state index in [1.165, 1.54) is 6.92 Å². The van der Waals surface area contributed by atoms with Gasteiger partial charge in [-0.2, -0.15) is 13.2 Å². The van der Waals surface area contributed by atoms with Crippen LogP contribution < -0.4 is 5.01 Å². The molecule has 0 N–H and O–H groups in total. The monoisotopic (exact) mass is 356 g/mol. The molecule has 1 amide bonds. The van der Waals surface area contributed by atoms with Crippen LogP contribution in [-0.2, 0) is 10.9 Å². The van der Waals surface area contributed by atoms with Gasteiger partial charge in [0.25, 0.3) is 0 Å². The van der Waals surface area contributed by atoms with Crippen LogP contribution in [0, 0.1) is 10.1 Å². The molecule has 0 radical (unpaired) electrons. The molecule has 1 rings (SSSR count). The highest BCUT2D eigenvalue weighted by Crippen LogP contribution is 2.38. The van der Waals surface area contributed by atoms with Crippen molar-refractivity contribution >= 4 is 27.7 Å². The van der Waals surface area contributed by atoms with Crippen molar-refractivity contribution in [3.8, 4) is 0 Å². The normalized spacial score (nSPS) is 11.1. The number of carbonyl (C=O) groups is 1. The number of rotatable bonds is 3. The lowest BCUT2D eigenvalue weighted by Crippen LogP contribution is -2.38. The van der Waals surface area contributed by atoms with Gasteiger partial charge in [0.1, 0.15) is 5.69 Å². The summed E-state index contributed by atoms with van der Waals surface area (Å²) >= 11 is 2.84. The lowest BCUT2D eigenvalue weighted by atomic mass is 10.1. The van der Waals surface area contributed by atoms with Crippen LogP contribution >= 0.6 is 15.9 Å². The summed E-state index contributed by atoms with van der Waals surface area (Å²) < 4.78 is 43.1. The Bertz CT molecular complexity index is 536. The van der Waals surface area contributed by atoms with Gasteiger partial charge in [0.2, 0.25) is 0 Å². The van der Waals surface area contributed by atoms with Crippen molar-refractivity contribution < 1.29 is 27.7 Å². The first-order valence-corrected chi connectivity index (χ1v) is 5.95. The first-order valence-electron chi connectivity index (χ1n) is 5.16. The highest BCUT2D eigenvalue weighted by atomic mass is 79.9. The van der Waals surface area contributed by atoms with E-state index >= 15 is 0 Å². The predicted octanol–water partition coefficient (Wildman–Crippen LogP) is 3.62. The van der Waals surface area contributed by atoms with Crippen molar-refractivity contribution in [2.45, 2.75) is 13.1 Å². The van der Waals surface area contributed by atoms with Crippen LogP contribution in [0.25, 0.3) is 0 Å². The molecule has 0 spiro atoms. The molecule has 20 heavy (non-hydrogen) atoms. The molecular weight excluding hydrogens is 349 g/mol. The largest absolute Gasteiger partial charge is 0.473 e. The van der Waals surface area contributed by atoms with E-state index in [9.17, 15) is 28.1 Å². The third-order valence-electron chi connectivity index (χ3n) is 2.10. The maximum absolute atomic E-state index is 12.9. The Morgan fingerprint density at radius 1 is 1.50 bits per heavy atom. The number of alkyl halides is 3. The number of anilines is 1. The fourth-order valence-corrected chi connectivity index (χ4v) is 1.72. The van der Waals surface area contributed by atoms with Crippen LogP contribution in [0.4, 0.5) is 23.7 Å². The molecule has 110 valence electrons. The smallest absolute Gasteiger partial charge is 0.446 e. The summed E-state index contributed by atoms with van der Waals surface area (Å²) in [4.78, 5) is 22.3. The standard InChI is InChI=1S/C10H8BrF3N2O4/c1-2-20-9(17)15(16(18)19)8-4-3-6(11)5-7(8)10(12,13)14/h3-5H,2H2,1H3. The Hall–Kier alpha value is -1.84. The molecule has 0 saturated carbocycles. The minimum atomic E-state index is -4.86. The maximum atomic E-state index is 12.9. The van der Waals surface area contributed by atoms with E-state index in [0.29, 0.717) is 6.07 Å². The van der Waals surface area contributed by atoms with Gasteiger partial charge in [-0.15, -0.1) is 0 Å². The zero-order chi connectivity index (χ0) is 15.5. The van der Waals surface area contributed by atoms with Crippen LogP contribution in [-0.4, -0.2) is 17.7 Å². The Kier molecular flexibility index (Phi) is 4.93. The van der Waals surface area contributed by atoms with E-state index in [1.807, 2.05) is 0 Å². The SMILES string of the molecule is CCOC(=O)N(c1ccc(Br)cc1C(F)(F)F)[N+](=O)[O-]. The molecule has 10 heteroatoms. The molecule has 1 aromatic carbocycles. The molecule has 0 saturated heterocycles. The summed E-state index contributed by atoms with van der Waals surface area (Å²) in [6, 6.07) is 2.61. The summed E-state index contributed by atoms with van der Waals surface area (Å²) in [7, 11) is 0. The van der Waals surface area contributed by atoms with Crippen molar-refractivity contribution in [3.05, 3.63) is 38.3 Å². The van der Waals surface area contributed by atoms with Gasteiger partial charge in [-0.3, -0.25) is 0 Å². The van der Waals surface area contributed by atoms with Crippen LogP contribution in [0.5, 0.6) is 0 Å². The number of ether oxygens (including phenoxy) is 1. The Morgan fingerprint density at radius 2 is 2.10 bits per heavy atom. The molecule has 0 aliphatic carbocycles. The fourth-order valence-electron chi connectivity index (χ4n) is 1.36. The van der Waals surface area contributed by atoms with E-state index in [1.54, 1.807) is 0 Å². The molecule has 0 atom stereocenters. The van der Waals surface area contributed by atoms with Crippen LogP contribution in [0.1, 0.15) is 12.5 Å². The second-order valence-corrected chi connectivity index (χ2v) is 4.32. The zero-order valence-electron chi connectivity index (χ0n) is 9.98. The number of halogens is 4. The molecule has 0 unspecified atom stereocenters. The number of nitro groups is 1. The fraction of sp³-hybridized carbons (Fsp3) is 0.300. The minimum Gasteiger partial charge on any atom is -0.446 e. The topological polar surface area (TPSA) is 72.7 Å². The van der Waals surface area contributed by atoms with Gasteiger partial charge in [-0.1, -0.05) is 15.9 Å². The van der Waals surface area contributed by atoms with Gasteiger partial charge in [-0.25, -0.2) is 14.9 Å². The Labute approximate surface area is 119 Å². The third-order valence-corrected chi connectivity index (χ3v) is 2.59. The van der Waals surface area contributed by atoms with Crippen molar-refractivity contribution in [2.24, 2.45) is 0 Å². The number of hydrogen-bond acceptors (Lipinski definition) is 4. The lowest BCUT2D eigenvalue weighted by Gasteiger charge is -2.17. The number of amides is 1. The number of carbonyl (C=O) groups excluding carboxylic acids is 1. The van der Waals surface area contributed by atoms with Crippen LogP contribution in [0.15, 0.2) is 22.7 Å². The Morgan fingerprint density at radius 3 is 2.55 bits per heavy atom. The molecule has 0 aliphatic heterocycles. The molecule has 1 aromatic rings. The maximum Gasteiger partial charge on any atom is 0.473 e. The van der Waals surface area contributed by atoms with Gasteiger partial charge in [-0.05, 0) is 25.1 Å². The van der Waals surface area contributed by atoms with Crippen molar-refractivity contribution in [2.75, 3.05) is 11.6 Å². The second kappa shape index (κ2) is 6.07. The number of hydrazine groups is 1. The predicted molar refractivity (Wildman–Crippen MR) is 65.6 cm³/mol. The second-order valence-electron chi connectivity index (χ2n) is 3.41. The van der Waals surface area contributed by atoms with Crippen LogP contribution in [0.2, 0.25) is 0 Å². The molecule has 0 aliphatic rings. The van der Waals surface area contributed by atoms with Gasteiger partial charge in [0.05, 0.1) is 12.2 Å². The molecule has 6 nitrogen and oxygen atoms in total. The van der Waals surface area contributed by atoms with Gasteiger partial charge in [0.15, 0.2) is 5.03 Å². The van der Waals surface area contributed by atoms with E-state index < -0.39 is 28.6 Å². The number of hydrogen-bond donors (Lipinski definition) is 0. The minimum absolute atomic E-state index is 0.0701. The van der Waals surface area contributed by atoms with Gasteiger partial charge < -0.3 is 4.74 Å². The highest BCUT2D eigenvalue weighted by molar-refractivity contribution is 9.10. The Balaban J connectivity index is 3.41. The summed E-state index contributed by atoms with van der Waals surface area (Å²) in [6.07, 6.45) is -6.36. The highest BCUT2D eigenvalue weighted by Gasteiger charge is 2.40. The molecule has 0 bridgehead atoms. The van der Waals surface area contributed by atoms with E-state index in [-0.39, 0.29) is 16.1 Å². The first-order chi connectivity index (χ1) is 9.18. The summed E-state index contributed by atoms with van der Waals surface area (Å²) in [5.74, 6) is 0. The number of benzene rings is 1. The first kappa shape index (κ1) is 16.2. The van der Waals surface area contributed by atoms with Crippen molar-refractivity contribution in [1.82, 2.24) is 0 Å². The summed E-state index contributed by atoms with van der Waals surface area (Å²) in [5.41, 5.74) is -2.24. The quantitative estimate of drug-likeness (QED) is 0.612. The zero-order valence-corrected chi connectivity index (χ0v) is 11.6. The van der Waals surface area contributed by atoms with E-state index in [0.717, 1.165) is 12.1 Å².